The fourth-order valence-corrected chi connectivity index (χ4v) is 1.72. The van der Waals surface area contributed by atoms with Crippen LogP contribution in [0.5, 0.6) is 5.75 Å². The van der Waals surface area contributed by atoms with Crippen LogP contribution >= 0.6 is 0 Å². The molecule has 108 valence electrons. The van der Waals surface area contributed by atoms with E-state index in [1.165, 1.54) is 0 Å². The van der Waals surface area contributed by atoms with Gasteiger partial charge in [-0.25, -0.2) is 0 Å². The summed E-state index contributed by atoms with van der Waals surface area (Å²) in [5.74, 6) is 0.480. The fraction of sp³-hybridized carbons (Fsp3) is 0.267. The molecule has 1 aromatic carbocycles. The van der Waals surface area contributed by atoms with Crippen molar-refractivity contribution in [2.45, 2.75) is 12.6 Å². The molecule has 1 atom stereocenters. The third-order valence-electron chi connectivity index (χ3n) is 2.75. The normalized spacial score (nSPS) is 11.6. The van der Waals surface area contributed by atoms with E-state index in [2.05, 4.69) is 15.5 Å². The van der Waals surface area contributed by atoms with Gasteiger partial charge in [0.1, 0.15) is 24.5 Å². The van der Waals surface area contributed by atoms with Gasteiger partial charge in [-0.05, 0) is 24.3 Å². The van der Waals surface area contributed by atoms with E-state index in [0.717, 1.165) is 5.69 Å². The van der Waals surface area contributed by atoms with E-state index in [-0.39, 0.29) is 6.61 Å². The average molecular weight is 284 g/mol. The maximum absolute atomic E-state index is 9.85. The average Bonchev–Trinajstić information content (AvgIpc) is 2.54. The van der Waals surface area contributed by atoms with Crippen LogP contribution in [0.15, 0.2) is 42.6 Å². The smallest absolute Gasteiger partial charge is 0.137 e. The van der Waals surface area contributed by atoms with E-state index in [0.29, 0.717) is 24.4 Å². The zero-order chi connectivity index (χ0) is 14.9. The molecule has 0 aliphatic carbocycles. The minimum absolute atomic E-state index is 0.117. The largest absolute Gasteiger partial charge is 0.489 e. The summed E-state index contributed by atoms with van der Waals surface area (Å²) in [6.45, 7) is 1.01. The van der Waals surface area contributed by atoms with Gasteiger partial charge in [-0.2, -0.15) is 15.5 Å². The van der Waals surface area contributed by atoms with Crippen LogP contribution in [-0.4, -0.2) is 34.6 Å². The fourth-order valence-electron chi connectivity index (χ4n) is 1.72. The van der Waals surface area contributed by atoms with Crippen LogP contribution in [0.3, 0.4) is 0 Å². The Morgan fingerprint density at radius 2 is 2.14 bits per heavy atom. The molecular formula is C15H16N4O2. The number of aromatic nitrogens is 2. The summed E-state index contributed by atoms with van der Waals surface area (Å²) in [6.07, 6.45) is 0.937. The molecule has 2 aromatic rings. The molecule has 0 spiro atoms. The third kappa shape index (κ3) is 4.84. The van der Waals surface area contributed by atoms with Gasteiger partial charge >= 0.3 is 0 Å². The molecular weight excluding hydrogens is 268 g/mol. The number of rotatable bonds is 7. The molecule has 6 heteroatoms. The molecule has 0 amide bonds. The molecule has 1 aromatic heterocycles. The Kier molecular flexibility index (Phi) is 5.64. The Balaban J connectivity index is 1.73. The number of benzene rings is 1. The molecule has 0 saturated heterocycles. The lowest BCUT2D eigenvalue weighted by Crippen LogP contribution is -2.31. The third-order valence-corrected chi connectivity index (χ3v) is 2.75. The number of nitrogens with zero attached hydrogens (tertiary/aromatic N) is 3. The lowest BCUT2D eigenvalue weighted by Gasteiger charge is -2.13. The first-order valence-corrected chi connectivity index (χ1v) is 6.57. The SMILES string of the molecule is N#Cc1ccccc1OCC(O)CNCc1cccnn1. The van der Waals surface area contributed by atoms with E-state index in [1.54, 1.807) is 30.5 Å². The van der Waals surface area contributed by atoms with Gasteiger partial charge in [-0.1, -0.05) is 12.1 Å². The Labute approximate surface area is 123 Å². The second-order valence-electron chi connectivity index (χ2n) is 4.42. The van der Waals surface area contributed by atoms with Crippen LogP contribution in [0.1, 0.15) is 11.3 Å². The lowest BCUT2D eigenvalue weighted by molar-refractivity contribution is 0.106. The molecule has 0 aliphatic rings. The Morgan fingerprint density at radius 1 is 1.29 bits per heavy atom. The van der Waals surface area contributed by atoms with Crippen molar-refractivity contribution in [1.82, 2.24) is 15.5 Å². The summed E-state index contributed by atoms with van der Waals surface area (Å²) >= 11 is 0. The van der Waals surface area contributed by atoms with Crippen molar-refractivity contribution in [3.63, 3.8) is 0 Å². The van der Waals surface area contributed by atoms with Crippen LogP contribution in [0, 0.1) is 11.3 Å². The van der Waals surface area contributed by atoms with Crippen molar-refractivity contribution in [3.8, 4) is 11.8 Å². The first-order valence-electron chi connectivity index (χ1n) is 6.57. The van der Waals surface area contributed by atoms with Crippen LogP contribution in [0.25, 0.3) is 0 Å². The molecule has 21 heavy (non-hydrogen) atoms. The van der Waals surface area contributed by atoms with E-state index < -0.39 is 6.10 Å². The lowest BCUT2D eigenvalue weighted by atomic mass is 10.2. The second kappa shape index (κ2) is 7.94. The summed E-state index contributed by atoms with van der Waals surface area (Å²) < 4.78 is 5.45. The monoisotopic (exact) mass is 284 g/mol. The van der Waals surface area contributed by atoms with Crippen LogP contribution in [0.4, 0.5) is 0 Å². The number of hydrogen-bond donors (Lipinski definition) is 2. The molecule has 0 radical (unpaired) electrons. The van der Waals surface area contributed by atoms with Gasteiger partial charge in [-0.3, -0.25) is 0 Å². The summed E-state index contributed by atoms with van der Waals surface area (Å²) in [5, 5.41) is 29.5. The summed E-state index contributed by atoms with van der Waals surface area (Å²) in [6, 6.07) is 12.6. The highest BCUT2D eigenvalue weighted by molar-refractivity contribution is 5.42. The molecule has 0 fully saturated rings. The van der Waals surface area contributed by atoms with E-state index in [1.807, 2.05) is 18.2 Å². The molecule has 2 rings (SSSR count). The van der Waals surface area contributed by atoms with E-state index in [9.17, 15) is 5.11 Å². The molecule has 0 saturated carbocycles. The van der Waals surface area contributed by atoms with Crippen molar-refractivity contribution in [2.24, 2.45) is 0 Å². The van der Waals surface area contributed by atoms with Crippen molar-refractivity contribution in [3.05, 3.63) is 53.9 Å². The molecule has 0 bridgehead atoms. The summed E-state index contributed by atoms with van der Waals surface area (Å²) in [7, 11) is 0. The van der Waals surface area contributed by atoms with Gasteiger partial charge < -0.3 is 15.2 Å². The molecule has 2 N–H and O–H groups in total. The predicted molar refractivity (Wildman–Crippen MR) is 76.4 cm³/mol. The molecule has 1 heterocycles. The van der Waals surface area contributed by atoms with E-state index >= 15 is 0 Å². The van der Waals surface area contributed by atoms with Gasteiger partial charge in [0.25, 0.3) is 0 Å². The first-order chi connectivity index (χ1) is 10.3. The van der Waals surface area contributed by atoms with Gasteiger partial charge in [0.05, 0.1) is 11.3 Å². The zero-order valence-electron chi connectivity index (χ0n) is 11.4. The second-order valence-corrected chi connectivity index (χ2v) is 4.42. The van der Waals surface area contributed by atoms with Crippen LogP contribution < -0.4 is 10.1 Å². The van der Waals surface area contributed by atoms with Gasteiger partial charge in [0.15, 0.2) is 0 Å². The van der Waals surface area contributed by atoms with Crippen molar-refractivity contribution in [1.29, 1.82) is 5.26 Å². The van der Waals surface area contributed by atoms with Gasteiger partial charge in [0, 0.05) is 19.3 Å². The summed E-state index contributed by atoms with van der Waals surface area (Å²) in [5.41, 5.74) is 1.26. The maximum atomic E-state index is 9.85. The summed E-state index contributed by atoms with van der Waals surface area (Å²) in [4.78, 5) is 0. The van der Waals surface area contributed by atoms with Crippen molar-refractivity contribution < 1.29 is 9.84 Å². The number of aliphatic hydroxyl groups is 1. The topological polar surface area (TPSA) is 91.1 Å². The van der Waals surface area contributed by atoms with Crippen LogP contribution in [-0.2, 0) is 6.54 Å². The molecule has 1 unspecified atom stereocenters. The van der Waals surface area contributed by atoms with Gasteiger partial charge in [0.2, 0.25) is 0 Å². The van der Waals surface area contributed by atoms with Crippen LogP contribution in [0.2, 0.25) is 0 Å². The molecule has 0 aliphatic heterocycles. The Morgan fingerprint density at radius 3 is 2.90 bits per heavy atom. The highest BCUT2D eigenvalue weighted by Gasteiger charge is 2.07. The standard InChI is InChI=1S/C15H16N4O2/c16-8-12-4-1-2-6-15(12)21-11-14(20)10-17-9-13-5-3-7-18-19-13/h1-7,14,17,20H,9-11H2. The number of para-hydroxylation sites is 1. The highest BCUT2D eigenvalue weighted by atomic mass is 16.5. The number of ether oxygens (including phenoxy) is 1. The Bertz CT molecular complexity index is 598. The first kappa shape index (κ1) is 14.9. The van der Waals surface area contributed by atoms with Gasteiger partial charge in [-0.15, -0.1) is 0 Å². The van der Waals surface area contributed by atoms with Crippen molar-refractivity contribution >= 4 is 0 Å². The number of nitrogens with one attached hydrogen (secondary N) is 1. The number of aliphatic hydroxyl groups excluding tert-OH is 1. The van der Waals surface area contributed by atoms with Crippen molar-refractivity contribution in [2.75, 3.05) is 13.2 Å². The minimum Gasteiger partial charge on any atom is -0.489 e. The minimum atomic E-state index is -0.673. The number of nitriles is 1. The number of hydrogen-bond acceptors (Lipinski definition) is 6. The Hall–Kier alpha value is -2.49. The van der Waals surface area contributed by atoms with E-state index in [4.69, 9.17) is 10.00 Å². The zero-order valence-corrected chi connectivity index (χ0v) is 11.4. The molecule has 6 nitrogen and oxygen atoms in total. The quantitative estimate of drug-likeness (QED) is 0.784. The predicted octanol–water partition coefficient (Wildman–Crippen LogP) is 0.878. The highest BCUT2D eigenvalue weighted by Crippen LogP contribution is 2.16. The maximum Gasteiger partial charge on any atom is 0.137 e.